The molecule has 1 rings (SSSR count). The van der Waals surface area contributed by atoms with Crippen molar-refractivity contribution < 1.29 is 9.90 Å². The molecular formula is C9H17NO2S2. The van der Waals surface area contributed by atoms with Crippen molar-refractivity contribution in [1.29, 1.82) is 0 Å². The number of amides is 1. The van der Waals surface area contributed by atoms with Gasteiger partial charge in [-0.2, -0.15) is 24.4 Å². The van der Waals surface area contributed by atoms with Crippen molar-refractivity contribution in [3.05, 3.63) is 0 Å². The van der Waals surface area contributed by atoms with Crippen LogP contribution in [0.4, 0.5) is 0 Å². The van der Waals surface area contributed by atoms with Gasteiger partial charge in [0.1, 0.15) is 0 Å². The average molecular weight is 235 g/mol. The monoisotopic (exact) mass is 235 g/mol. The third-order valence-corrected chi connectivity index (χ3v) is 3.43. The molecule has 82 valence electrons. The van der Waals surface area contributed by atoms with E-state index in [1.165, 1.54) is 0 Å². The highest BCUT2D eigenvalue weighted by atomic mass is 32.2. The molecule has 0 saturated carbocycles. The summed E-state index contributed by atoms with van der Waals surface area (Å²) in [5, 5.41) is 9.33. The second kappa shape index (κ2) is 5.88. The largest absolute Gasteiger partial charge is 0.394 e. The first kappa shape index (κ1) is 12.2. The first-order valence-corrected chi connectivity index (χ1v) is 6.67. The summed E-state index contributed by atoms with van der Waals surface area (Å²) in [5.41, 5.74) is 0. The maximum absolute atomic E-state index is 11.5. The quantitative estimate of drug-likeness (QED) is 0.687. The van der Waals surface area contributed by atoms with Gasteiger partial charge < -0.3 is 10.0 Å². The number of hydrogen-bond donors (Lipinski definition) is 2. The Morgan fingerprint density at radius 2 is 2.50 bits per heavy atom. The van der Waals surface area contributed by atoms with E-state index in [-0.39, 0.29) is 23.8 Å². The molecular weight excluding hydrogens is 218 g/mol. The van der Waals surface area contributed by atoms with Crippen LogP contribution in [-0.2, 0) is 4.79 Å². The molecule has 1 N–H and O–H groups in total. The molecule has 1 heterocycles. The highest BCUT2D eigenvalue weighted by Gasteiger charge is 2.31. The Morgan fingerprint density at radius 3 is 2.93 bits per heavy atom. The van der Waals surface area contributed by atoms with Gasteiger partial charge in [0.05, 0.1) is 12.6 Å². The fourth-order valence-corrected chi connectivity index (χ4v) is 2.50. The zero-order chi connectivity index (χ0) is 10.6. The van der Waals surface area contributed by atoms with Gasteiger partial charge in [0.15, 0.2) is 0 Å². The summed E-state index contributed by atoms with van der Waals surface area (Å²) in [4.78, 5) is 13.3. The predicted molar refractivity (Wildman–Crippen MR) is 63.0 cm³/mol. The van der Waals surface area contributed by atoms with Crippen molar-refractivity contribution in [1.82, 2.24) is 4.90 Å². The van der Waals surface area contributed by atoms with Crippen LogP contribution in [0.5, 0.6) is 0 Å². The van der Waals surface area contributed by atoms with E-state index in [4.69, 9.17) is 0 Å². The molecule has 2 atom stereocenters. The Hall–Kier alpha value is 0.130. The van der Waals surface area contributed by atoms with Gasteiger partial charge in [-0.15, -0.1) is 0 Å². The van der Waals surface area contributed by atoms with E-state index in [1.54, 1.807) is 16.7 Å². The summed E-state index contributed by atoms with van der Waals surface area (Å²) < 4.78 is 0. The molecule has 14 heavy (non-hydrogen) atoms. The van der Waals surface area contributed by atoms with E-state index in [0.717, 1.165) is 12.2 Å². The minimum Gasteiger partial charge on any atom is -0.394 e. The van der Waals surface area contributed by atoms with Crippen molar-refractivity contribution in [2.75, 3.05) is 25.2 Å². The first-order chi connectivity index (χ1) is 6.69. The van der Waals surface area contributed by atoms with Crippen molar-refractivity contribution in [3.8, 4) is 0 Å². The Kier molecular flexibility index (Phi) is 5.12. The summed E-state index contributed by atoms with van der Waals surface area (Å²) in [6.07, 6.45) is 3.41. The Bertz CT molecular complexity index is 201. The minimum atomic E-state index is -0.00731. The number of hydrogen-bond acceptors (Lipinski definition) is 4. The Labute approximate surface area is 94.6 Å². The highest BCUT2D eigenvalue weighted by molar-refractivity contribution is 7.98. The number of carbonyl (C=O) groups excluding carboxylic acids is 1. The third kappa shape index (κ3) is 3.07. The molecule has 2 unspecified atom stereocenters. The normalized spacial score (nSPS) is 24.4. The summed E-state index contributed by atoms with van der Waals surface area (Å²) in [7, 11) is 0. The lowest BCUT2D eigenvalue weighted by Gasteiger charge is -2.26. The molecule has 0 spiro atoms. The lowest BCUT2D eigenvalue weighted by atomic mass is 10.2. The van der Waals surface area contributed by atoms with Gasteiger partial charge >= 0.3 is 0 Å². The molecule has 1 aliphatic rings. The number of likely N-dealkylation sites (tertiary alicyclic amines) is 1. The van der Waals surface area contributed by atoms with Crippen molar-refractivity contribution in [3.63, 3.8) is 0 Å². The molecule has 0 aromatic rings. The van der Waals surface area contributed by atoms with Crippen LogP contribution >= 0.6 is 24.4 Å². The molecule has 1 amide bonds. The summed E-state index contributed by atoms with van der Waals surface area (Å²) in [6, 6.07) is -0.00731. The molecule has 1 aliphatic heterocycles. The number of thioether (sulfide) groups is 1. The summed E-state index contributed by atoms with van der Waals surface area (Å²) >= 11 is 6.02. The predicted octanol–water partition coefficient (Wildman–Crippen LogP) is 0.631. The second-order valence-electron chi connectivity index (χ2n) is 3.52. The number of nitrogens with zero attached hydrogens (tertiary/aromatic N) is 1. The fourth-order valence-electron chi connectivity index (χ4n) is 1.66. The third-order valence-electron chi connectivity index (χ3n) is 2.44. The Morgan fingerprint density at radius 1 is 1.79 bits per heavy atom. The number of carbonyl (C=O) groups is 1. The van der Waals surface area contributed by atoms with Crippen LogP contribution in [0, 0.1) is 0 Å². The van der Waals surface area contributed by atoms with E-state index in [9.17, 15) is 9.90 Å². The SMILES string of the molecule is CSCCC(CO)N1CC(S)CC1=O. The number of thiol groups is 1. The molecule has 0 radical (unpaired) electrons. The van der Waals surface area contributed by atoms with Crippen molar-refractivity contribution in [2.24, 2.45) is 0 Å². The van der Waals surface area contributed by atoms with Gasteiger partial charge in [-0.05, 0) is 18.4 Å². The molecule has 0 aromatic heterocycles. The van der Waals surface area contributed by atoms with Gasteiger partial charge in [-0.1, -0.05) is 0 Å². The van der Waals surface area contributed by atoms with E-state index in [0.29, 0.717) is 13.0 Å². The maximum atomic E-state index is 11.5. The molecule has 0 aromatic carbocycles. The number of aliphatic hydroxyl groups is 1. The lowest BCUT2D eigenvalue weighted by molar-refractivity contribution is -0.130. The molecule has 0 aliphatic carbocycles. The van der Waals surface area contributed by atoms with Crippen molar-refractivity contribution >= 4 is 30.3 Å². The van der Waals surface area contributed by atoms with Crippen LogP contribution in [0.3, 0.4) is 0 Å². The van der Waals surface area contributed by atoms with Crippen LogP contribution in [0.15, 0.2) is 0 Å². The van der Waals surface area contributed by atoms with Crippen LogP contribution in [0.25, 0.3) is 0 Å². The van der Waals surface area contributed by atoms with E-state index < -0.39 is 0 Å². The second-order valence-corrected chi connectivity index (χ2v) is 5.24. The van der Waals surface area contributed by atoms with Gasteiger partial charge in [0.2, 0.25) is 5.91 Å². The zero-order valence-electron chi connectivity index (χ0n) is 8.35. The van der Waals surface area contributed by atoms with Crippen LogP contribution < -0.4 is 0 Å². The van der Waals surface area contributed by atoms with Crippen LogP contribution in [0.1, 0.15) is 12.8 Å². The zero-order valence-corrected chi connectivity index (χ0v) is 10.1. The molecule has 1 saturated heterocycles. The van der Waals surface area contributed by atoms with Gasteiger partial charge in [0, 0.05) is 18.2 Å². The fraction of sp³-hybridized carbons (Fsp3) is 0.889. The topological polar surface area (TPSA) is 40.5 Å². The molecule has 0 bridgehead atoms. The maximum Gasteiger partial charge on any atom is 0.224 e. The smallest absolute Gasteiger partial charge is 0.224 e. The summed E-state index contributed by atoms with van der Waals surface area (Å²) in [6.45, 7) is 0.744. The van der Waals surface area contributed by atoms with E-state index >= 15 is 0 Å². The first-order valence-electron chi connectivity index (χ1n) is 4.76. The molecule has 1 fully saturated rings. The van der Waals surface area contributed by atoms with Crippen molar-refractivity contribution in [2.45, 2.75) is 24.1 Å². The average Bonchev–Trinajstić information content (AvgIpc) is 2.47. The standard InChI is InChI=1S/C9H17NO2S2/c1-14-3-2-7(6-11)10-5-8(13)4-9(10)12/h7-8,11,13H,2-6H2,1H3. The van der Waals surface area contributed by atoms with E-state index in [2.05, 4.69) is 12.6 Å². The minimum absolute atomic E-state index is 0.00731. The van der Waals surface area contributed by atoms with Gasteiger partial charge in [0.25, 0.3) is 0 Å². The lowest BCUT2D eigenvalue weighted by Crippen LogP contribution is -2.39. The van der Waals surface area contributed by atoms with E-state index in [1.807, 2.05) is 6.26 Å². The molecule has 5 heteroatoms. The number of aliphatic hydroxyl groups excluding tert-OH is 1. The van der Waals surface area contributed by atoms with Gasteiger partial charge in [-0.25, -0.2) is 0 Å². The molecule has 3 nitrogen and oxygen atoms in total. The van der Waals surface area contributed by atoms with Crippen LogP contribution in [-0.4, -0.2) is 52.4 Å². The number of rotatable bonds is 5. The highest BCUT2D eigenvalue weighted by Crippen LogP contribution is 2.20. The Balaban J connectivity index is 2.47. The summed E-state index contributed by atoms with van der Waals surface area (Å²) in [5.74, 6) is 1.11. The van der Waals surface area contributed by atoms with Gasteiger partial charge in [-0.3, -0.25) is 4.79 Å². The van der Waals surface area contributed by atoms with Crippen LogP contribution in [0.2, 0.25) is 0 Å².